The van der Waals surface area contributed by atoms with Crippen LogP contribution in [0.5, 0.6) is 6.01 Å². The third kappa shape index (κ3) is 4.03. The molecule has 0 bridgehead atoms. The average Bonchev–Trinajstić information content (AvgIpc) is 3.26. The van der Waals surface area contributed by atoms with Crippen LogP contribution < -0.4 is 21.3 Å². The number of carbonyl (C=O) groups is 1. The molecule has 0 fully saturated rings. The summed E-state index contributed by atoms with van der Waals surface area (Å²) in [5, 5.41) is 23.9. The van der Waals surface area contributed by atoms with Crippen molar-refractivity contribution < 1.29 is 19.6 Å². The van der Waals surface area contributed by atoms with Gasteiger partial charge in [-0.2, -0.15) is 9.97 Å². The van der Waals surface area contributed by atoms with Gasteiger partial charge in [0.2, 0.25) is 5.95 Å². The number of rotatable bonds is 7. The van der Waals surface area contributed by atoms with Gasteiger partial charge < -0.3 is 25.8 Å². The molecular formula is C24H21BN6O4. The van der Waals surface area contributed by atoms with Crippen molar-refractivity contribution in [1.82, 2.24) is 19.5 Å². The zero-order valence-electron chi connectivity index (χ0n) is 18.7. The molecule has 5 N–H and O–H groups in total. The molecule has 0 saturated heterocycles. The van der Waals surface area contributed by atoms with Crippen molar-refractivity contribution in [2.24, 2.45) is 5.73 Å². The maximum atomic E-state index is 12.0. The van der Waals surface area contributed by atoms with Crippen LogP contribution in [-0.2, 0) is 6.54 Å². The molecule has 5 aromatic rings. The van der Waals surface area contributed by atoms with Crippen LogP contribution in [0.2, 0.25) is 0 Å². The van der Waals surface area contributed by atoms with Gasteiger partial charge in [0.15, 0.2) is 0 Å². The Bertz CT molecular complexity index is 1550. The molecule has 2 aromatic heterocycles. The first-order chi connectivity index (χ1) is 17.0. The van der Waals surface area contributed by atoms with Crippen molar-refractivity contribution in [2.45, 2.75) is 6.54 Å². The second-order valence-corrected chi connectivity index (χ2v) is 7.80. The Morgan fingerprint density at radius 2 is 1.77 bits per heavy atom. The Hall–Kier alpha value is -4.48. The number of anilines is 1. The lowest BCUT2D eigenvalue weighted by molar-refractivity contribution is 0.100. The number of para-hydroxylation sites is 2. The number of methoxy groups -OCH3 is 1. The van der Waals surface area contributed by atoms with E-state index in [1.54, 1.807) is 41.0 Å². The van der Waals surface area contributed by atoms with Gasteiger partial charge in [-0.25, -0.2) is 9.55 Å². The molecule has 3 aromatic carbocycles. The van der Waals surface area contributed by atoms with Crippen LogP contribution in [0.25, 0.3) is 27.9 Å². The Labute approximate surface area is 200 Å². The van der Waals surface area contributed by atoms with Crippen LogP contribution in [0.4, 0.5) is 5.82 Å². The van der Waals surface area contributed by atoms with E-state index in [2.05, 4.69) is 15.3 Å². The summed E-state index contributed by atoms with van der Waals surface area (Å²) < 4.78 is 7.03. The van der Waals surface area contributed by atoms with E-state index in [0.717, 1.165) is 5.56 Å². The quantitative estimate of drug-likeness (QED) is 0.262. The molecule has 0 aliphatic rings. The van der Waals surface area contributed by atoms with Crippen LogP contribution in [0.15, 0.2) is 66.7 Å². The lowest BCUT2D eigenvalue weighted by Gasteiger charge is -2.14. The summed E-state index contributed by atoms with van der Waals surface area (Å²) in [7, 11) is -0.300. The number of fused-ring (bicyclic) bond motifs is 2. The van der Waals surface area contributed by atoms with E-state index >= 15 is 0 Å². The number of nitrogens with one attached hydrogen (secondary N) is 1. The van der Waals surface area contributed by atoms with E-state index in [0.29, 0.717) is 34.3 Å². The molecule has 11 heteroatoms. The second-order valence-electron chi connectivity index (χ2n) is 7.80. The molecule has 174 valence electrons. The zero-order chi connectivity index (χ0) is 24.5. The predicted molar refractivity (Wildman–Crippen MR) is 133 cm³/mol. The highest BCUT2D eigenvalue weighted by Crippen LogP contribution is 2.29. The Kier molecular flexibility index (Phi) is 5.77. The number of hydrogen-bond donors (Lipinski definition) is 4. The Morgan fingerprint density at radius 1 is 1.00 bits per heavy atom. The SMILES string of the molecule is COc1nc2c(C(N)=O)cccc2n1-c1nc(NCc2ccccc2)c2cccc(B(O)O)c2n1. The van der Waals surface area contributed by atoms with Crippen molar-refractivity contribution in [1.29, 1.82) is 0 Å². The number of primary amides is 1. The standard InChI is InChI=1S/C24H21BN6O4/c1-35-24-29-20-15(21(26)32)9-6-12-18(20)31(24)23-28-19-16(10-5-11-17(19)25(33)34)22(30-23)27-13-14-7-3-2-4-8-14/h2-12,33-34H,13H2,1H3,(H2,26,32)(H,27,28,30). The maximum absolute atomic E-state index is 12.0. The van der Waals surface area contributed by atoms with Crippen LogP contribution in [0.3, 0.4) is 0 Å². The van der Waals surface area contributed by atoms with E-state index in [4.69, 9.17) is 15.5 Å². The van der Waals surface area contributed by atoms with E-state index in [-0.39, 0.29) is 23.0 Å². The van der Waals surface area contributed by atoms with Gasteiger partial charge in [-0.15, -0.1) is 0 Å². The lowest BCUT2D eigenvalue weighted by Crippen LogP contribution is -2.31. The van der Waals surface area contributed by atoms with Crippen molar-refractivity contribution in [3.8, 4) is 12.0 Å². The molecule has 1 amide bonds. The first-order valence-corrected chi connectivity index (χ1v) is 10.8. The number of nitrogens with two attached hydrogens (primary N) is 1. The highest BCUT2D eigenvalue weighted by Gasteiger charge is 2.23. The van der Waals surface area contributed by atoms with Crippen LogP contribution in [0, 0.1) is 0 Å². The molecule has 0 spiro atoms. The zero-order valence-corrected chi connectivity index (χ0v) is 18.7. The van der Waals surface area contributed by atoms with Gasteiger partial charge in [0.05, 0.1) is 23.7 Å². The second kappa shape index (κ2) is 9.05. The topological polar surface area (TPSA) is 148 Å². The summed E-state index contributed by atoms with van der Waals surface area (Å²) in [5.41, 5.74) is 8.22. The van der Waals surface area contributed by atoms with Crippen molar-refractivity contribution in [3.05, 3.63) is 77.9 Å². The van der Waals surface area contributed by atoms with Gasteiger partial charge in [0.1, 0.15) is 11.3 Å². The number of carbonyl (C=O) groups excluding carboxylic acids is 1. The third-order valence-electron chi connectivity index (χ3n) is 5.63. The largest absolute Gasteiger partial charge is 0.490 e. The van der Waals surface area contributed by atoms with E-state index in [1.165, 1.54) is 7.11 Å². The van der Waals surface area contributed by atoms with Gasteiger partial charge in [-0.05, 0) is 23.8 Å². The first-order valence-electron chi connectivity index (χ1n) is 10.8. The van der Waals surface area contributed by atoms with Gasteiger partial charge >= 0.3 is 13.1 Å². The summed E-state index contributed by atoms with van der Waals surface area (Å²) in [6.45, 7) is 0.478. The van der Waals surface area contributed by atoms with E-state index in [1.807, 2.05) is 30.3 Å². The summed E-state index contributed by atoms with van der Waals surface area (Å²) in [6.07, 6.45) is 0. The number of amides is 1. The van der Waals surface area contributed by atoms with Gasteiger partial charge in [0.25, 0.3) is 5.91 Å². The number of hydrogen-bond acceptors (Lipinski definition) is 8. The third-order valence-corrected chi connectivity index (χ3v) is 5.63. The summed E-state index contributed by atoms with van der Waals surface area (Å²) in [4.78, 5) is 25.8. The van der Waals surface area contributed by atoms with Crippen molar-refractivity contribution in [3.63, 3.8) is 0 Å². The fourth-order valence-electron chi connectivity index (χ4n) is 3.99. The molecule has 5 rings (SSSR count). The number of benzene rings is 3. The Morgan fingerprint density at radius 3 is 2.49 bits per heavy atom. The number of aromatic nitrogens is 4. The van der Waals surface area contributed by atoms with Crippen LogP contribution in [-0.4, -0.2) is 49.7 Å². The monoisotopic (exact) mass is 468 g/mol. The molecule has 10 nitrogen and oxygen atoms in total. The van der Waals surface area contributed by atoms with Crippen molar-refractivity contribution >= 4 is 46.2 Å². The normalized spacial score (nSPS) is 11.1. The first kappa shape index (κ1) is 22.3. The molecule has 2 heterocycles. The summed E-state index contributed by atoms with van der Waals surface area (Å²) in [6, 6.07) is 20.0. The smallest absolute Gasteiger partial charge is 0.468 e. The van der Waals surface area contributed by atoms with Gasteiger partial charge in [-0.1, -0.05) is 48.5 Å². The van der Waals surface area contributed by atoms with Crippen LogP contribution >= 0.6 is 0 Å². The maximum Gasteiger partial charge on any atom is 0.490 e. The number of ether oxygens (including phenoxy) is 1. The highest BCUT2D eigenvalue weighted by atomic mass is 16.5. The van der Waals surface area contributed by atoms with E-state index < -0.39 is 13.0 Å². The minimum absolute atomic E-state index is 0.143. The summed E-state index contributed by atoms with van der Waals surface area (Å²) in [5.74, 6) is 0.0201. The molecule has 0 saturated carbocycles. The van der Waals surface area contributed by atoms with Crippen LogP contribution in [0.1, 0.15) is 15.9 Å². The van der Waals surface area contributed by atoms with Crippen molar-refractivity contribution in [2.75, 3.05) is 12.4 Å². The molecule has 0 radical (unpaired) electrons. The minimum atomic E-state index is -1.74. The molecule has 0 unspecified atom stereocenters. The lowest BCUT2D eigenvalue weighted by atomic mass is 9.79. The van der Waals surface area contributed by atoms with Gasteiger partial charge in [-0.3, -0.25) is 4.79 Å². The molecular weight excluding hydrogens is 447 g/mol. The molecule has 0 atom stereocenters. The van der Waals surface area contributed by atoms with E-state index in [9.17, 15) is 14.8 Å². The highest BCUT2D eigenvalue weighted by molar-refractivity contribution is 6.61. The average molecular weight is 468 g/mol. The summed E-state index contributed by atoms with van der Waals surface area (Å²) >= 11 is 0. The number of nitrogens with zero attached hydrogens (tertiary/aromatic N) is 4. The fraction of sp³-hybridized carbons (Fsp3) is 0.0833. The predicted octanol–water partition coefficient (Wildman–Crippen LogP) is 1.37. The molecule has 35 heavy (non-hydrogen) atoms. The number of imidazole rings is 1. The minimum Gasteiger partial charge on any atom is -0.468 e. The Balaban J connectivity index is 1.75. The molecule has 0 aliphatic heterocycles. The fourth-order valence-corrected chi connectivity index (χ4v) is 3.99. The van der Waals surface area contributed by atoms with Gasteiger partial charge in [0, 0.05) is 17.4 Å². The molecule has 0 aliphatic carbocycles.